The Morgan fingerprint density at radius 3 is 2.62 bits per heavy atom. The van der Waals surface area contributed by atoms with Crippen molar-refractivity contribution in [1.29, 1.82) is 0 Å². The predicted molar refractivity (Wildman–Crippen MR) is 82.0 cm³/mol. The number of hydrogen-bond donors (Lipinski definition) is 1. The first-order valence-corrected chi connectivity index (χ1v) is 6.99. The van der Waals surface area contributed by atoms with Crippen LogP contribution in [0.3, 0.4) is 0 Å². The number of anilines is 1. The summed E-state index contributed by atoms with van der Waals surface area (Å²) in [7, 11) is 0. The fourth-order valence-electron chi connectivity index (χ4n) is 1.90. The summed E-state index contributed by atoms with van der Waals surface area (Å²) in [5, 5.41) is 3.93. The van der Waals surface area contributed by atoms with Crippen LogP contribution >= 0.6 is 15.9 Å². The second kappa shape index (κ2) is 5.29. The van der Waals surface area contributed by atoms with Crippen molar-refractivity contribution in [3.8, 4) is 22.8 Å². The molecule has 2 N–H and O–H groups in total. The minimum absolute atomic E-state index is 0.259. The number of rotatable bonds is 2. The number of halogens is 2. The Kier molecular flexibility index (Phi) is 3.47. The molecule has 0 saturated carbocycles. The number of benzene rings is 2. The van der Waals surface area contributed by atoms with Crippen LogP contribution in [0.15, 0.2) is 45.4 Å². The molecule has 0 spiro atoms. The average Bonchev–Trinajstić information content (AvgIpc) is 2.94. The number of nitrogen functional groups attached to an aromatic ring is 1. The van der Waals surface area contributed by atoms with E-state index in [0.29, 0.717) is 28.5 Å². The molecule has 0 radical (unpaired) electrons. The zero-order valence-corrected chi connectivity index (χ0v) is 12.7. The van der Waals surface area contributed by atoms with Crippen LogP contribution in [0.5, 0.6) is 0 Å². The fourth-order valence-corrected chi connectivity index (χ4v) is 2.28. The van der Waals surface area contributed by atoms with Crippen LogP contribution in [0.25, 0.3) is 22.8 Å². The van der Waals surface area contributed by atoms with Crippen LogP contribution in [0.1, 0.15) is 5.56 Å². The summed E-state index contributed by atoms with van der Waals surface area (Å²) in [5.74, 6) is 0.540. The van der Waals surface area contributed by atoms with Crippen LogP contribution in [0.4, 0.5) is 10.1 Å². The molecule has 6 heteroatoms. The first-order chi connectivity index (χ1) is 10.0. The second-order valence-corrected chi connectivity index (χ2v) is 5.48. The van der Waals surface area contributed by atoms with Crippen LogP contribution < -0.4 is 5.73 Å². The van der Waals surface area contributed by atoms with Gasteiger partial charge in [0.1, 0.15) is 5.82 Å². The van der Waals surface area contributed by atoms with Crippen molar-refractivity contribution in [3.05, 3.63) is 52.3 Å². The van der Waals surface area contributed by atoms with Gasteiger partial charge in [0.25, 0.3) is 5.89 Å². The zero-order chi connectivity index (χ0) is 15.0. The van der Waals surface area contributed by atoms with Crippen LogP contribution in [-0.4, -0.2) is 10.1 Å². The van der Waals surface area contributed by atoms with Gasteiger partial charge in [0.15, 0.2) is 0 Å². The van der Waals surface area contributed by atoms with Gasteiger partial charge < -0.3 is 10.3 Å². The van der Waals surface area contributed by atoms with Crippen LogP contribution in [0.2, 0.25) is 0 Å². The molecule has 106 valence electrons. The van der Waals surface area contributed by atoms with E-state index in [0.717, 1.165) is 10.0 Å². The summed E-state index contributed by atoms with van der Waals surface area (Å²) in [6.07, 6.45) is 0. The van der Waals surface area contributed by atoms with Crippen molar-refractivity contribution < 1.29 is 8.91 Å². The van der Waals surface area contributed by atoms with E-state index < -0.39 is 0 Å². The Hall–Kier alpha value is -2.21. The molecule has 0 fully saturated rings. The molecule has 4 nitrogen and oxygen atoms in total. The molecule has 3 rings (SSSR count). The molecule has 0 aliphatic heterocycles. The van der Waals surface area contributed by atoms with Crippen molar-refractivity contribution in [2.24, 2.45) is 0 Å². The van der Waals surface area contributed by atoms with Gasteiger partial charge in [-0.1, -0.05) is 5.16 Å². The minimum atomic E-state index is -0.259. The van der Waals surface area contributed by atoms with Gasteiger partial charge in [-0.15, -0.1) is 0 Å². The Bertz CT molecular complexity index is 750. The molecular weight excluding hydrogens is 337 g/mol. The summed E-state index contributed by atoms with van der Waals surface area (Å²) in [5.41, 5.74) is 8.38. The highest BCUT2D eigenvalue weighted by atomic mass is 79.9. The maximum atomic E-state index is 13.3. The molecule has 0 amide bonds. The zero-order valence-electron chi connectivity index (χ0n) is 11.1. The van der Waals surface area contributed by atoms with Crippen molar-refractivity contribution in [2.75, 3.05) is 5.73 Å². The molecule has 3 aromatic rings. The van der Waals surface area contributed by atoms with Gasteiger partial charge in [0.05, 0.1) is 0 Å². The van der Waals surface area contributed by atoms with Crippen molar-refractivity contribution in [3.63, 3.8) is 0 Å². The molecule has 21 heavy (non-hydrogen) atoms. The molecular formula is C15H11BrFN3O. The maximum Gasteiger partial charge on any atom is 0.258 e. The number of aryl methyl sites for hydroxylation is 1. The Morgan fingerprint density at radius 1 is 1.14 bits per heavy atom. The van der Waals surface area contributed by atoms with E-state index in [1.165, 1.54) is 6.07 Å². The van der Waals surface area contributed by atoms with E-state index in [-0.39, 0.29) is 5.82 Å². The van der Waals surface area contributed by atoms with E-state index >= 15 is 0 Å². The lowest BCUT2D eigenvalue weighted by Gasteiger charge is -1.99. The molecule has 0 aliphatic carbocycles. The third kappa shape index (κ3) is 2.67. The standard InChI is InChI=1S/C15H11BrFN3O/c1-8-6-9(2-4-12(8)17)14-19-15(21-20-14)10-3-5-13(18)11(16)7-10/h2-7H,18H2,1H3. The van der Waals surface area contributed by atoms with E-state index in [9.17, 15) is 4.39 Å². The largest absolute Gasteiger partial charge is 0.398 e. The molecule has 0 atom stereocenters. The topological polar surface area (TPSA) is 64.9 Å². The van der Waals surface area contributed by atoms with E-state index in [1.807, 2.05) is 6.07 Å². The second-order valence-electron chi connectivity index (χ2n) is 4.62. The third-order valence-electron chi connectivity index (χ3n) is 3.09. The monoisotopic (exact) mass is 347 g/mol. The van der Waals surface area contributed by atoms with Gasteiger partial charge in [-0.2, -0.15) is 4.98 Å². The SMILES string of the molecule is Cc1cc(-c2noc(-c3ccc(N)c(Br)c3)n2)ccc1F. The molecule has 1 aromatic heterocycles. The normalized spacial score (nSPS) is 10.8. The fraction of sp³-hybridized carbons (Fsp3) is 0.0667. The molecule has 0 bridgehead atoms. The summed E-state index contributed by atoms with van der Waals surface area (Å²) < 4.78 is 19.3. The lowest BCUT2D eigenvalue weighted by Crippen LogP contribution is -1.88. The van der Waals surface area contributed by atoms with Gasteiger partial charge >= 0.3 is 0 Å². The van der Waals surface area contributed by atoms with Gasteiger partial charge in [-0.3, -0.25) is 0 Å². The number of hydrogen-bond acceptors (Lipinski definition) is 4. The van der Waals surface area contributed by atoms with E-state index in [2.05, 4.69) is 26.1 Å². The van der Waals surface area contributed by atoms with Gasteiger partial charge in [-0.25, -0.2) is 4.39 Å². The smallest absolute Gasteiger partial charge is 0.258 e. The van der Waals surface area contributed by atoms with E-state index in [4.69, 9.17) is 10.3 Å². The van der Waals surface area contributed by atoms with Crippen molar-refractivity contribution >= 4 is 21.6 Å². The first kappa shape index (κ1) is 13.8. The molecule has 1 heterocycles. The number of aromatic nitrogens is 2. The summed E-state index contributed by atoms with van der Waals surface area (Å²) in [4.78, 5) is 4.33. The first-order valence-electron chi connectivity index (χ1n) is 6.20. The predicted octanol–water partition coefficient (Wildman–Crippen LogP) is 4.20. The Morgan fingerprint density at radius 2 is 1.90 bits per heavy atom. The van der Waals surface area contributed by atoms with Crippen LogP contribution in [0, 0.1) is 12.7 Å². The van der Waals surface area contributed by atoms with Gasteiger partial charge in [0.2, 0.25) is 5.82 Å². The Balaban J connectivity index is 1.99. The highest BCUT2D eigenvalue weighted by Gasteiger charge is 2.12. The molecule has 2 aromatic carbocycles. The third-order valence-corrected chi connectivity index (χ3v) is 3.78. The lowest BCUT2D eigenvalue weighted by molar-refractivity contribution is 0.432. The van der Waals surface area contributed by atoms with Crippen molar-refractivity contribution in [1.82, 2.24) is 10.1 Å². The summed E-state index contributed by atoms with van der Waals surface area (Å²) in [6, 6.07) is 10.1. The molecule has 0 saturated heterocycles. The van der Waals surface area contributed by atoms with Crippen LogP contribution in [-0.2, 0) is 0 Å². The Labute approximate surface area is 128 Å². The number of nitrogens with zero attached hydrogens (tertiary/aromatic N) is 2. The van der Waals surface area contributed by atoms with Crippen molar-refractivity contribution in [2.45, 2.75) is 6.92 Å². The lowest BCUT2D eigenvalue weighted by atomic mass is 10.1. The maximum absolute atomic E-state index is 13.3. The summed E-state index contributed by atoms with van der Waals surface area (Å²) >= 11 is 3.36. The number of nitrogens with two attached hydrogens (primary N) is 1. The minimum Gasteiger partial charge on any atom is -0.398 e. The van der Waals surface area contributed by atoms with E-state index in [1.54, 1.807) is 31.2 Å². The highest BCUT2D eigenvalue weighted by molar-refractivity contribution is 9.10. The summed E-state index contributed by atoms with van der Waals surface area (Å²) in [6.45, 7) is 1.69. The van der Waals surface area contributed by atoms with Gasteiger partial charge in [-0.05, 0) is 64.8 Å². The van der Waals surface area contributed by atoms with Gasteiger partial charge in [0, 0.05) is 21.3 Å². The highest BCUT2D eigenvalue weighted by Crippen LogP contribution is 2.28. The quantitative estimate of drug-likeness (QED) is 0.705. The molecule has 0 aliphatic rings. The molecule has 0 unspecified atom stereocenters. The average molecular weight is 348 g/mol.